The molecule has 33 heavy (non-hydrogen) atoms. The third-order valence-corrected chi connectivity index (χ3v) is 5.13. The molecule has 0 aliphatic heterocycles. The van der Waals surface area contributed by atoms with Crippen LogP contribution in [0.1, 0.15) is 5.56 Å². The quantitative estimate of drug-likeness (QED) is 0.236. The summed E-state index contributed by atoms with van der Waals surface area (Å²) >= 11 is 2.19. The van der Waals surface area contributed by atoms with Crippen molar-refractivity contribution in [2.75, 3.05) is 24.4 Å². The van der Waals surface area contributed by atoms with Gasteiger partial charge < -0.3 is 20.1 Å². The molecular weight excluding hydrogens is 533 g/mol. The van der Waals surface area contributed by atoms with Crippen molar-refractivity contribution in [2.24, 2.45) is 0 Å². The van der Waals surface area contributed by atoms with E-state index in [1.165, 1.54) is 13.2 Å². The van der Waals surface area contributed by atoms with Gasteiger partial charge in [-0.2, -0.15) is 5.26 Å². The third-order valence-electron chi connectivity index (χ3n) is 4.41. The first-order valence-corrected chi connectivity index (χ1v) is 10.9. The summed E-state index contributed by atoms with van der Waals surface area (Å²) in [6.07, 6.45) is 1.47. The van der Waals surface area contributed by atoms with Gasteiger partial charge in [-0.1, -0.05) is 24.3 Å². The number of para-hydroxylation sites is 2. The number of nitrogens with one attached hydrogen (secondary N) is 2. The predicted molar refractivity (Wildman–Crippen MR) is 135 cm³/mol. The maximum Gasteiger partial charge on any atom is 0.266 e. The number of hydrogen-bond acceptors (Lipinski definition) is 5. The van der Waals surface area contributed by atoms with E-state index in [1.54, 1.807) is 48.5 Å². The minimum atomic E-state index is -0.547. The summed E-state index contributed by atoms with van der Waals surface area (Å²) in [6, 6.07) is 23.0. The number of amides is 2. The first kappa shape index (κ1) is 23.8. The Balaban J connectivity index is 1.58. The van der Waals surface area contributed by atoms with E-state index in [2.05, 4.69) is 33.2 Å². The van der Waals surface area contributed by atoms with Crippen LogP contribution in [0, 0.1) is 14.9 Å². The Kier molecular flexibility index (Phi) is 8.43. The fourth-order valence-corrected chi connectivity index (χ4v) is 3.15. The van der Waals surface area contributed by atoms with Gasteiger partial charge in [0.25, 0.3) is 11.8 Å². The van der Waals surface area contributed by atoms with Gasteiger partial charge >= 0.3 is 0 Å². The molecule has 7 nitrogen and oxygen atoms in total. The number of hydrogen-bond donors (Lipinski definition) is 2. The van der Waals surface area contributed by atoms with Crippen LogP contribution in [0.4, 0.5) is 11.4 Å². The monoisotopic (exact) mass is 553 g/mol. The van der Waals surface area contributed by atoms with E-state index in [0.717, 1.165) is 3.57 Å². The fourth-order valence-electron chi connectivity index (χ4n) is 2.79. The number of halogens is 1. The first-order chi connectivity index (χ1) is 16.0. The van der Waals surface area contributed by atoms with Crippen LogP contribution < -0.4 is 20.1 Å². The zero-order chi connectivity index (χ0) is 23.6. The lowest BCUT2D eigenvalue weighted by molar-refractivity contribution is -0.118. The molecule has 0 saturated carbocycles. The van der Waals surface area contributed by atoms with E-state index < -0.39 is 5.91 Å². The number of benzene rings is 3. The summed E-state index contributed by atoms with van der Waals surface area (Å²) in [4.78, 5) is 24.6. The smallest absolute Gasteiger partial charge is 0.266 e. The Hall–Kier alpha value is -3.84. The molecule has 0 aliphatic carbocycles. The molecule has 3 aromatic carbocycles. The lowest BCUT2D eigenvalue weighted by Gasteiger charge is -2.09. The molecule has 0 radical (unpaired) electrons. The Morgan fingerprint density at radius 2 is 1.70 bits per heavy atom. The minimum absolute atomic E-state index is 0.0634. The molecule has 0 saturated heterocycles. The second-order valence-corrected chi connectivity index (χ2v) is 7.98. The van der Waals surface area contributed by atoms with Gasteiger partial charge in [0.15, 0.2) is 6.61 Å². The van der Waals surface area contributed by atoms with Crippen molar-refractivity contribution in [3.05, 3.63) is 87.5 Å². The second-order valence-electron chi connectivity index (χ2n) is 6.74. The van der Waals surface area contributed by atoms with Gasteiger partial charge in [0.05, 0.1) is 12.8 Å². The summed E-state index contributed by atoms with van der Waals surface area (Å²) in [5, 5.41) is 14.9. The fraction of sp³-hybridized carbons (Fsp3) is 0.0800. The topological polar surface area (TPSA) is 100 Å². The molecule has 0 unspecified atom stereocenters. The van der Waals surface area contributed by atoms with E-state index in [9.17, 15) is 14.9 Å². The van der Waals surface area contributed by atoms with Crippen LogP contribution in [0.15, 0.2) is 78.4 Å². The van der Waals surface area contributed by atoms with Crippen molar-refractivity contribution in [1.82, 2.24) is 0 Å². The Morgan fingerprint density at radius 3 is 2.36 bits per heavy atom. The third kappa shape index (κ3) is 7.08. The highest BCUT2D eigenvalue weighted by atomic mass is 127. The number of methoxy groups -OCH3 is 1. The van der Waals surface area contributed by atoms with Crippen molar-refractivity contribution in [3.8, 4) is 17.6 Å². The van der Waals surface area contributed by atoms with Gasteiger partial charge in [-0.15, -0.1) is 0 Å². The van der Waals surface area contributed by atoms with Gasteiger partial charge in [-0.05, 0) is 82.8 Å². The van der Waals surface area contributed by atoms with Crippen molar-refractivity contribution in [3.63, 3.8) is 0 Å². The summed E-state index contributed by atoms with van der Waals surface area (Å²) < 4.78 is 11.8. The van der Waals surface area contributed by atoms with E-state index in [1.807, 2.05) is 30.3 Å². The molecule has 2 N–H and O–H groups in total. The van der Waals surface area contributed by atoms with Gasteiger partial charge in [0.1, 0.15) is 23.1 Å². The van der Waals surface area contributed by atoms with Crippen LogP contribution in [-0.2, 0) is 9.59 Å². The average Bonchev–Trinajstić information content (AvgIpc) is 2.83. The number of ether oxygens (including phenoxy) is 2. The maximum atomic E-state index is 12.5. The number of nitriles is 1. The summed E-state index contributed by atoms with van der Waals surface area (Å²) in [5.74, 6) is 0.159. The lowest BCUT2D eigenvalue weighted by atomic mass is 10.1. The number of carbonyl (C=O) groups excluding carboxylic acids is 2. The molecule has 3 aromatic rings. The van der Waals surface area contributed by atoms with Crippen LogP contribution in [0.5, 0.6) is 11.5 Å². The van der Waals surface area contributed by atoms with E-state index in [0.29, 0.717) is 28.4 Å². The highest BCUT2D eigenvalue weighted by Crippen LogP contribution is 2.24. The van der Waals surface area contributed by atoms with E-state index in [-0.39, 0.29) is 18.1 Å². The molecule has 0 heterocycles. The molecule has 166 valence electrons. The van der Waals surface area contributed by atoms with Gasteiger partial charge in [0, 0.05) is 9.26 Å². The van der Waals surface area contributed by atoms with Crippen LogP contribution in [-0.4, -0.2) is 25.5 Å². The Labute approximate surface area is 205 Å². The molecule has 0 aliphatic rings. The molecule has 3 rings (SSSR count). The molecule has 2 amide bonds. The Bertz CT molecular complexity index is 1200. The predicted octanol–water partition coefficient (Wildman–Crippen LogP) is 4.86. The molecule has 0 spiro atoms. The van der Waals surface area contributed by atoms with Crippen molar-refractivity contribution < 1.29 is 19.1 Å². The lowest BCUT2D eigenvalue weighted by Crippen LogP contribution is -2.20. The normalized spacial score (nSPS) is 10.6. The van der Waals surface area contributed by atoms with Crippen molar-refractivity contribution in [1.29, 1.82) is 5.26 Å². The summed E-state index contributed by atoms with van der Waals surface area (Å²) in [5.41, 5.74) is 1.74. The molecule has 0 bridgehead atoms. The van der Waals surface area contributed by atoms with E-state index in [4.69, 9.17) is 9.47 Å². The highest BCUT2D eigenvalue weighted by molar-refractivity contribution is 14.1. The minimum Gasteiger partial charge on any atom is -0.495 e. The molecule has 0 atom stereocenters. The number of carbonyl (C=O) groups is 2. The van der Waals surface area contributed by atoms with Crippen LogP contribution in [0.3, 0.4) is 0 Å². The second kappa shape index (κ2) is 11.7. The van der Waals surface area contributed by atoms with Crippen LogP contribution in [0.25, 0.3) is 6.08 Å². The molecular formula is C25H20IN3O4. The summed E-state index contributed by atoms with van der Waals surface area (Å²) in [6.45, 7) is -0.147. The zero-order valence-corrected chi connectivity index (χ0v) is 19.8. The maximum absolute atomic E-state index is 12.5. The average molecular weight is 553 g/mol. The van der Waals surface area contributed by atoms with Crippen molar-refractivity contribution >= 4 is 51.9 Å². The SMILES string of the molecule is COc1ccccc1NC(=O)/C(C#N)=C/c1ccc(OCC(=O)Nc2ccc(I)cc2)cc1. The van der Waals surface area contributed by atoms with Gasteiger partial charge in [0.2, 0.25) is 0 Å². The molecule has 0 aromatic heterocycles. The highest BCUT2D eigenvalue weighted by Gasteiger charge is 2.12. The van der Waals surface area contributed by atoms with Crippen LogP contribution in [0.2, 0.25) is 0 Å². The molecule has 8 heteroatoms. The van der Waals surface area contributed by atoms with Crippen molar-refractivity contribution in [2.45, 2.75) is 0 Å². The first-order valence-electron chi connectivity index (χ1n) is 9.83. The number of nitrogens with zero attached hydrogens (tertiary/aromatic N) is 1. The Morgan fingerprint density at radius 1 is 1.00 bits per heavy atom. The largest absolute Gasteiger partial charge is 0.495 e. The zero-order valence-electron chi connectivity index (χ0n) is 17.7. The molecule has 0 fully saturated rings. The summed E-state index contributed by atoms with van der Waals surface area (Å²) in [7, 11) is 1.50. The van der Waals surface area contributed by atoms with Gasteiger partial charge in [-0.25, -0.2) is 0 Å². The number of anilines is 2. The standard InChI is InChI=1S/C25H20IN3O4/c1-32-23-5-3-2-4-22(23)29-25(31)18(15-27)14-17-6-12-21(13-7-17)33-16-24(30)28-20-10-8-19(26)9-11-20/h2-14H,16H2,1H3,(H,28,30)(H,29,31)/b18-14+. The van der Waals surface area contributed by atoms with E-state index >= 15 is 0 Å². The van der Waals surface area contributed by atoms with Gasteiger partial charge in [-0.3, -0.25) is 9.59 Å². The number of rotatable bonds is 8. The van der Waals surface area contributed by atoms with Crippen LogP contribution >= 0.6 is 22.6 Å².